The number of amides is 1. The van der Waals surface area contributed by atoms with Crippen LogP contribution in [0.15, 0.2) is 33.6 Å². The highest BCUT2D eigenvalue weighted by Gasteiger charge is 2.33. The molecule has 0 aromatic heterocycles. The molecule has 1 heterocycles. The summed E-state index contributed by atoms with van der Waals surface area (Å²) in [7, 11) is 0. The summed E-state index contributed by atoms with van der Waals surface area (Å²) in [5.41, 5.74) is 0.860. The molecule has 1 saturated heterocycles. The van der Waals surface area contributed by atoms with E-state index in [4.69, 9.17) is 17.3 Å². The van der Waals surface area contributed by atoms with Crippen LogP contribution in [0.4, 0.5) is 0 Å². The molecule has 1 aliphatic heterocycles. The predicted molar refractivity (Wildman–Crippen MR) is 81.7 cm³/mol. The van der Waals surface area contributed by atoms with Gasteiger partial charge in [0, 0.05) is 4.47 Å². The summed E-state index contributed by atoms with van der Waals surface area (Å²) in [6, 6.07) is 7.44. The summed E-state index contributed by atoms with van der Waals surface area (Å²) in [4.78, 5) is 24.2. The highest BCUT2D eigenvalue weighted by atomic mass is 79.9. The number of carbonyl (C=O) groups excluding carboxylic acids is 1. The van der Waals surface area contributed by atoms with Crippen LogP contribution in [0.2, 0.25) is 0 Å². The van der Waals surface area contributed by atoms with Gasteiger partial charge in [0.2, 0.25) is 0 Å². The SMILES string of the molecule is O=C(O)CN1C(=O)/C(=C\c2ccc(Br)cc2)SC1=S. The number of hydrogen-bond acceptors (Lipinski definition) is 4. The highest BCUT2D eigenvalue weighted by Crippen LogP contribution is 2.32. The topological polar surface area (TPSA) is 57.6 Å². The van der Waals surface area contributed by atoms with E-state index in [2.05, 4.69) is 15.9 Å². The molecule has 1 fully saturated rings. The number of aliphatic carboxylic acids is 1. The molecule has 0 atom stereocenters. The molecule has 2 rings (SSSR count). The van der Waals surface area contributed by atoms with E-state index < -0.39 is 12.5 Å². The van der Waals surface area contributed by atoms with Crippen molar-refractivity contribution in [3.05, 3.63) is 39.2 Å². The molecule has 4 nitrogen and oxygen atoms in total. The average molecular weight is 358 g/mol. The van der Waals surface area contributed by atoms with E-state index in [1.165, 1.54) is 0 Å². The van der Waals surface area contributed by atoms with E-state index >= 15 is 0 Å². The van der Waals surface area contributed by atoms with Crippen LogP contribution in [0.3, 0.4) is 0 Å². The third-order valence-corrected chi connectivity index (χ3v) is 4.24. The summed E-state index contributed by atoms with van der Waals surface area (Å²) in [5.74, 6) is -1.44. The lowest BCUT2D eigenvalue weighted by atomic mass is 10.2. The van der Waals surface area contributed by atoms with Crippen LogP contribution in [-0.2, 0) is 9.59 Å². The van der Waals surface area contributed by atoms with Gasteiger partial charge in [-0.25, -0.2) is 0 Å². The third kappa shape index (κ3) is 3.43. The van der Waals surface area contributed by atoms with Gasteiger partial charge >= 0.3 is 5.97 Å². The molecule has 7 heteroatoms. The van der Waals surface area contributed by atoms with Crippen molar-refractivity contribution < 1.29 is 14.7 Å². The number of thiocarbonyl (C=S) groups is 1. The molecular formula is C12H8BrNO3S2. The van der Waals surface area contributed by atoms with E-state index in [-0.39, 0.29) is 10.2 Å². The maximum atomic E-state index is 12.0. The fourth-order valence-electron chi connectivity index (χ4n) is 1.48. The van der Waals surface area contributed by atoms with Gasteiger partial charge in [0.1, 0.15) is 10.9 Å². The minimum absolute atomic E-state index is 0.274. The number of nitrogens with zero attached hydrogens (tertiary/aromatic N) is 1. The first-order chi connectivity index (χ1) is 8.97. The first kappa shape index (κ1) is 14.2. The summed E-state index contributed by atoms with van der Waals surface area (Å²) in [6.07, 6.45) is 1.70. The third-order valence-electron chi connectivity index (χ3n) is 2.33. The smallest absolute Gasteiger partial charge is 0.323 e. The van der Waals surface area contributed by atoms with Crippen molar-refractivity contribution in [2.24, 2.45) is 0 Å². The van der Waals surface area contributed by atoms with Gasteiger partial charge in [-0.15, -0.1) is 0 Å². The van der Waals surface area contributed by atoms with Crippen LogP contribution in [0.1, 0.15) is 5.56 Å². The number of thioether (sulfide) groups is 1. The lowest BCUT2D eigenvalue weighted by Gasteiger charge is -2.10. The second-order valence-corrected chi connectivity index (χ2v) is 6.30. The van der Waals surface area contributed by atoms with Crippen LogP contribution < -0.4 is 0 Å². The molecule has 1 N–H and O–H groups in total. The second kappa shape index (κ2) is 5.85. The Balaban J connectivity index is 2.23. The van der Waals surface area contributed by atoms with Gasteiger partial charge < -0.3 is 5.11 Å². The molecule has 1 amide bonds. The Morgan fingerprint density at radius 3 is 2.63 bits per heavy atom. The van der Waals surface area contributed by atoms with Gasteiger partial charge in [-0.05, 0) is 23.8 Å². The molecule has 0 bridgehead atoms. The largest absolute Gasteiger partial charge is 0.480 e. The molecule has 0 unspecified atom stereocenters. The van der Waals surface area contributed by atoms with Crippen LogP contribution >= 0.6 is 39.9 Å². The number of carboxylic acids is 1. The van der Waals surface area contributed by atoms with Crippen molar-refractivity contribution in [3.8, 4) is 0 Å². The van der Waals surface area contributed by atoms with Gasteiger partial charge in [0.15, 0.2) is 0 Å². The standard InChI is InChI=1S/C12H8BrNO3S2/c13-8-3-1-7(2-4-8)5-9-11(17)14(6-10(15)16)12(18)19-9/h1-5H,6H2,(H,15,16)/b9-5+. The summed E-state index contributed by atoms with van der Waals surface area (Å²) >= 11 is 9.45. The number of carboxylic acid groups (broad SMARTS) is 1. The quantitative estimate of drug-likeness (QED) is 0.665. The average Bonchev–Trinajstić information content (AvgIpc) is 2.60. The molecule has 0 spiro atoms. The molecule has 1 aromatic rings. The molecule has 19 heavy (non-hydrogen) atoms. The Labute approximate surface area is 127 Å². The first-order valence-corrected chi connectivity index (χ1v) is 7.22. The predicted octanol–water partition coefficient (Wildman–Crippen LogP) is 2.73. The van der Waals surface area contributed by atoms with Crippen LogP contribution in [0.5, 0.6) is 0 Å². The fourth-order valence-corrected chi connectivity index (χ4v) is 3.00. The number of benzene rings is 1. The van der Waals surface area contributed by atoms with Crippen molar-refractivity contribution >= 4 is 62.2 Å². The van der Waals surface area contributed by atoms with Gasteiger partial charge in [-0.3, -0.25) is 14.5 Å². The normalized spacial score (nSPS) is 17.3. The monoisotopic (exact) mass is 357 g/mol. The van der Waals surface area contributed by atoms with Crippen LogP contribution in [-0.4, -0.2) is 32.7 Å². The van der Waals surface area contributed by atoms with Crippen molar-refractivity contribution in [1.82, 2.24) is 4.90 Å². The number of rotatable bonds is 3. The zero-order chi connectivity index (χ0) is 14.0. The Kier molecular flexibility index (Phi) is 4.38. The maximum absolute atomic E-state index is 12.0. The molecule has 1 aromatic carbocycles. The van der Waals surface area contributed by atoms with Gasteiger partial charge in [0.05, 0.1) is 4.91 Å². The van der Waals surface area contributed by atoms with Gasteiger partial charge in [0.25, 0.3) is 5.91 Å². The van der Waals surface area contributed by atoms with Crippen LogP contribution in [0.25, 0.3) is 6.08 Å². The number of carbonyl (C=O) groups is 2. The van der Waals surface area contributed by atoms with Crippen LogP contribution in [0, 0.1) is 0 Å². The van der Waals surface area contributed by atoms with E-state index in [1.807, 2.05) is 24.3 Å². The summed E-state index contributed by atoms with van der Waals surface area (Å²) in [6.45, 7) is -0.400. The van der Waals surface area contributed by atoms with Crippen molar-refractivity contribution in [1.29, 1.82) is 0 Å². The van der Waals surface area contributed by atoms with Crippen molar-refractivity contribution in [2.75, 3.05) is 6.54 Å². The van der Waals surface area contributed by atoms with E-state index in [1.54, 1.807) is 6.08 Å². The summed E-state index contributed by atoms with van der Waals surface area (Å²) in [5, 5.41) is 8.73. The molecule has 98 valence electrons. The first-order valence-electron chi connectivity index (χ1n) is 5.20. The molecule has 0 radical (unpaired) electrons. The molecular weight excluding hydrogens is 350 g/mol. The molecule has 1 aliphatic rings. The van der Waals surface area contributed by atoms with Gasteiger partial charge in [-0.1, -0.05) is 52.0 Å². The Hall–Kier alpha value is -1.18. The van der Waals surface area contributed by atoms with E-state index in [0.717, 1.165) is 26.7 Å². The molecule has 0 aliphatic carbocycles. The zero-order valence-electron chi connectivity index (χ0n) is 9.50. The van der Waals surface area contributed by atoms with Gasteiger partial charge in [-0.2, -0.15) is 0 Å². The minimum Gasteiger partial charge on any atom is -0.480 e. The van der Waals surface area contributed by atoms with Crippen molar-refractivity contribution in [2.45, 2.75) is 0 Å². The minimum atomic E-state index is -1.08. The van der Waals surface area contributed by atoms with E-state index in [0.29, 0.717) is 4.91 Å². The Morgan fingerprint density at radius 2 is 2.05 bits per heavy atom. The lowest BCUT2D eigenvalue weighted by Crippen LogP contribution is -2.33. The van der Waals surface area contributed by atoms with Crippen molar-refractivity contribution in [3.63, 3.8) is 0 Å². The molecule has 0 saturated carbocycles. The highest BCUT2D eigenvalue weighted by molar-refractivity contribution is 9.10. The Bertz CT molecular complexity index is 583. The fraction of sp³-hybridized carbons (Fsp3) is 0.0833. The number of halogens is 1. The zero-order valence-corrected chi connectivity index (χ0v) is 12.7. The second-order valence-electron chi connectivity index (χ2n) is 3.71. The summed E-state index contributed by atoms with van der Waals surface area (Å²) < 4.78 is 1.22. The van der Waals surface area contributed by atoms with E-state index in [9.17, 15) is 9.59 Å². The Morgan fingerprint density at radius 1 is 1.42 bits per heavy atom. The lowest BCUT2D eigenvalue weighted by molar-refractivity contribution is -0.140. The maximum Gasteiger partial charge on any atom is 0.323 e. The number of hydrogen-bond donors (Lipinski definition) is 1.